The molecule has 10 heteroatoms. The lowest BCUT2D eigenvalue weighted by Gasteiger charge is -2.34. The first-order chi connectivity index (χ1) is 12.5. The lowest BCUT2D eigenvalue weighted by atomic mass is 10.3. The molecule has 0 bridgehead atoms. The standard InChI is InChI=1S/C16H22BrN5O2S2/c1-3-20(4-2)14-6-7-15(19-18-14)21-9-11-22(12-10-21)26(23,24)16-8-5-13(17)25-16/h5-8H,3-4,9-12H2,1-2H3. The van der Waals surface area contributed by atoms with Crippen molar-refractivity contribution in [3.63, 3.8) is 0 Å². The van der Waals surface area contributed by atoms with E-state index in [2.05, 4.69) is 49.8 Å². The molecule has 0 radical (unpaired) electrons. The number of hydrogen-bond acceptors (Lipinski definition) is 7. The van der Waals surface area contributed by atoms with Gasteiger partial charge in [0.1, 0.15) is 4.21 Å². The quantitative estimate of drug-likeness (QED) is 0.661. The largest absolute Gasteiger partial charge is 0.356 e. The SMILES string of the molecule is CCN(CC)c1ccc(N2CCN(S(=O)(=O)c3ccc(Br)s3)CC2)nn1. The van der Waals surface area contributed by atoms with Gasteiger partial charge in [0.15, 0.2) is 11.6 Å². The number of nitrogens with zero attached hydrogens (tertiary/aromatic N) is 5. The van der Waals surface area contributed by atoms with E-state index in [1.807, 2.05) is 12.1 Å². The van der Waals surface area contributed by atoms with E-state index in [1.165, 1.54) is 11.3 Å². The Hall–Kier alpha value is -1.23. The molecule has 0 N–H and O–H groups in total. The lowest BCUT2D eigenvalue weighted by Crippen LogP contribution is -2.48. The Morgan fingerprint density at radius 2 is 1.77 bits per heavy atom. The molecule has 2 aromatic rings. The first kappa shape index (κ1) is 19.5. The molecule has 1 aliphatic heterocycles. The number of piperazine rings is 1. The van der Waals surface area contributed by atoms with Crippen molar-refractivity contribution < 1.29 is 8.42 Å². The van der Waals surface area contributed by atoms with Crippen molar-refractivity contribution in [1.82, 2.24) is 14.5 Å². The van der Waals surface area contributed by atoms with Crippen molar-refractivity contribution in [2.24, 2.45) is 0 Å². The van der Waals surface area contributed by atoms with Crippen LogP contribution in [0.2, 0.25) is 0 Å². The summed E-state index contributed by atoms with van der Waals surface area (Å²) in [5, 5.41) is 8.64. The summed E-state index contributed by atoms with van der Waals surface area (Å²) in [6, 6.07) is 7.34. The molecule has 0 atom stereocenters. The van der Waals surface area contributed by atoms with Crippen LogP contribution in [-0.4, -0.2) is 62.2 Å². The Morgan fingerprint density at radius 1 is 1.08 bits per heavy atom. The molecule has 142 valence electrons. The summed E-state index contributed by atoms with van der Waals surface area (Å²) in [5.41, 5.74) is 0. The zero-order valence-corrected chi connectivity index (χ0v) is 18.0. The highest BCUT2D eigenvalue weighted by Gasteiger charge is 2.30. The number of sulfonamides is 1. The highest BCUT2D eigenvalue weighted by Crippen LogP contribution is 2.29. The molecule has 0 spiro atoms. The summed E-state index contributed by atoms with van der Waals surface area (Å²) >= 11 is 4.56. The van der Waals surface area contributed by atoms with Crippen LogP contribution in [0.3, 0.4) is 0 Å². The van der Waals surface area contributed by atoms with Crippen molar-refractivity contribution in [2.45, 2.75) is 18.1 Å². The fourth-order valence-electron chi connectivity index (χ4n) is 2.92. The van der Waals surface area contributed by atoms with Crippen LogP contribution in [0.5, 0.6) is 0 Å². The minimum atomic E-state index is -3.42. The summed E-state index contributed by atoms with van der Waals surface area (Å²) in [6.07, 6.45) is 0. The predicted molar refractivity (Wildman–Crippen MR) is 109 cm³/mol. The van der Waals surface area contributed by atoms with E-state index in [9.17, 15) is 8.42 Å². The van der Waals surface area contributed by atoms with Gasteiger partial charge in [-0.1, -0.05) is 0 Å². The number of halogens is 1. The Labute approximate surface area is 166 Å². The first-order valence-electron chi connectivity index (χ1n) is 8.54. The normalized spacial score (nSPS) is 16.0. The van der Waals surface area contributed by atoms with Crippen molar-refractivity contribution in [3.05, 3.63) is 28.1 Å². The van der Waals surface area contributed by atoms with Crippen molar-refractivity contribution >= 4 is 48.9 Å². The smallest absolute Gasteiger partial charge is 0.252 e. The highest BCUT2D eigenvalue weighted by atomic mass is 79.9. The molecule has 1 saturated heterocycles. The molecule has 1 fully saturated rings. The van der Waals surface area contributed by atoms with Gasteiger partial charge >= 0.3 is 0 Å². The van der Waals surface area contributed by atoms with E-state index < -0.39 is 10.0 Å². The van der Waals surface area contributed by atoms with Crippen LogP contribution in [0.25, 0.3) is 0 Å². The number of rotatable bonds is 6. The van der Waals surface area contributed by atoms with Gasteiger partial charge in [0.25, 0.3) is 10.0 Å². The van der Waals surface area contributed by atoms with Gasteiger partial charge < -0.3 is 9.80 Å². The van der Waals surface area contributed by atoms with E-state index in [0.717, 1.165) is 28.5 Å². The molecular weight excluding hydrogens is 438 g/mol. The molecule has 0 aromatic carbocycles. The second kappa shape index (κ2) is 8.20. The summed E-state index contributed by atoms with van der Waals surface area (Å²) in [4.78, 5) is 4.22. The lowest BCUT2D eigenvalue weighted by molar-refractivity contribution is 0.384. The molecule has 3 rings (SSSR count). The second-order valence-electron chi connectivity index (χ2n) is 5.87. The van der Waals surface area contributed by atoms with E-state index in [1.54, 1.807) is 16.4 Å². The minimum absolute atomic E-state index is 0.376. The van der Waals surface area contributed by atoms with Gasteiger partial charge in [-0.2, -0.15) is 4.31 Å². The summed E-state index contributed by atoms with van der Waals surface area (Å²) < 4.78 is 28.1. The maximum absolute atomic E-state index is 12.7. The molecular formula is C16H22BrN5O2S2. The Balaban J connectivity index is 1.65. The second-order valence-corrected chi connectivity index (χ2v) is 10.5. The van der Waals surface area contributed by atoms with Gasteiger partial charge in [-0.25, -0.2) is 8.42 Å². The molecule has 0 saturated carbocycles. The van der Waals surface area contributed by atoms with Crippen LogP contribution in [0.4, 0.5) is 11.6 Å². The number of anilines is 2. The zero-order valence-electron chi connectivity index (χ0n) is 14.8. The summed E-state index contributed by atoms with van der Waals surface area (Å²) in [6.45, 7) is 8.04. The monoisotopic (exact) mass is 459 g/mol. The van der Waals surface area contributed by atoms with E-state index >= 15 is 0 Å². The molecule has 7 nitrogen and oxygen atoms in total. The average molecular weight is 460 g/mol. The summed E-state index contributed by atoms with van der Waals surface area (Å²) in [7, 11) is -3.42. The van der Waals surface area contributed by atoms with Crippen LogP contribution in [0.15, 0.2) is 32.3 Å². The minimum Gasteiger partial charge on any atom is -0.356 e. The topological polar surface area (TPSA) is 69.6 Å². The van der Waals surface area contributed by atoms with Crippen LogP contribution in [-0.2, 0) is 10.0 Å². The third-order valence-corrected chi connectivity index (χ3v) is 8.42. The summed E-state index contributed by atoms with van der Waals surface area (Å²) in [5.74, 6) is 1.65. The van der Waals surface area contributed by atoms with Crippen LogP contribution in [0, 0.1) is 0 Å². The number of thiophene rings is 1. The number of hydrogen-bond donors (Lipinski definition) is 0. The van der Waals surface area contributed by atoms with Crippen molar-refractivity contribution in [2.75, 3.05) is 49.1 Å². The van der Waals surface area contributed by atoms with Crippen LogP contribution in [0.1, 0.15) is 13.8 Å². The zero-order chi connectivity index (χ0) is 18.7. The third-order valence-electron chi connectivity index (χ3n) is 4.43. The Kier molecular flexibility index (Phi) is 6.16. The van der Waals surface area contributed by atoms with Crippen molar-refractivity contribution in [1.29, 1.82) is 0 Å². The van der Waals surface area contributed by atoms with Crippen LogP contribution >= 0.6 is 27.3 Å². The highest BCUT2D eigenvalue weighted by molar-refractivity contribution is 9.11. The molecule has 0 aliphatic carbocycles. The first-order valence-corrected chi connectivity index (χ1v) is 11.6. The van der Waals surface area contributed by atoms with Gasteiger partial charge in [-0.3, -0.25) is 0 Å². The van der Waals surface area contributed by atoms with Gasteiger partial charge in [-0.15, -0.1) is 21.5 Å². The Morgan fingerprint density at radius 3 is 2.27 bits per heavy atom. The molecule has 1 aliphatic rings. The molecule has 0 unspecified atom stereocenters. The molecule has 0 amide bonds. The molecule has 2 aromatic heterocycles. The number of aromatic nitrogens is 2. The molecule has 26 heavy (non-hydrogen) atoms. The van der Waals surface area contributed by atoms with E-state index in [4.69, 9.17) is 0 Å². The molecule has 3 heterocycles. The van der Waals surface area contributed by atoms with Crippen molar-refractivity contribution in [3.8, 4) is 0 Å². The maximum Gasteiger partial charge on any atom is 0.252 e. The third kappa shape index (κ3) is 4.03. The Bertz CT molecular complexity index is 829. The van der Waals surface area contributed by atoms with Crippen LogP contribution < -0.4 is 9.80 Å². The van der Waals surface area contributed by atoms with Gasteiger partial charge in [0.2, 0.25) is 0 Å². The predicted octanol–water partition coefficient (Wildman–Crippen LogP) is 2.66. The fourth-order valence-corrected chi connectivity index (χ4v) is 6.51. The van der Waals surface area contributed by atoms with Gasteiger partial charge in [0.05, 0.1) is 3.79 Å². The van der Waals surface area contributed by atoms with E-state index in [-0.39, 0.29) is 0 Å². The van der Waals surface area contributed by atoms with Gasteiger partial charge in [-0.05, 0) is 54.0 Å². The van der Waals surface area contributed by atoms with Gasteiger partial charge in [0, 0.05) is 39.3 Å². The average Bonchev–Trinajstić information content (AvgIpc) is 3.11. The van der Waals surface area contributed by atoms with E-state index in [0.29, 0.717) is 30.4 Å². The maximum atomic E-state index is 12.7. The fraction of sp³-hybridized carbons (Fsp3) is 0.500.